The van der Waals surface area contributed by atoms with Gasteiger partial charge in [-0.3, -0.25) is 4.90 Å². The summed E-state index contributed by atoms with van der Waals surface area (Å²) in [6.07, 6.45) is 0. The molecule has 1 fully saturated rings. The van der Waals surface area contributed by atoms with Crippen LogP contribution in [0.4, 0.5) is 4.39 Å². The molecule has 0 amide bonds. The van der Waals surface area contributed by atoms with Gasteiger partial charge in [0.2, 0.25) is 0 Å². The SMILES string of the molecule is CC1(C)CN2CCNCC2c2cccc(F)c21. The summed E-state index contributed by atoms with van der Waals surface area (Å²) in [4.78, 5) is 2.48. The summed E-state index contributed by atoms with van der Waals surface area (Å²) in [6, 6.07) is 5.86. The van der Waals surface area contributed by atoms with Crippen LogP contribution in [-0.2, 0) is 5.41 Å². The minimum absolute atomic E-state index is 0.0438. The van der Waals surface area contributed by atoms with E-state index in [0.29, 0.717) is 6.04 Å². The van der Waals surface area contributed by atoms with E-state index in [1.165, 1.54) is 5.56 Å². The summed E-state index contributed by atoms with van der Waals surface area (Å²) in [5.74, 6) is -0.0438. The molecule has 3 rings (SSSR count). The minimum Gasteiger partial charge on any atom is -0.314 e. The van der Waals surface area contributed by atoms with Crippen molar-refractivity contribution in [3.8, 4) is 0 Å². The van der Waals surface area contributed by atoms with Crippen molar-refractivity contribution in [3.05, 3.63) is 35.1 Å². The van der Waals surface area contributed by atoms with Crippen LogP contribution >= 0.6 is 0 Å². The maximum absolute atomic E-state index is 14.1. The standard InChI is InChI=1S/C14H19FN2/c1-14(2)9-17-7-6-16-8-12(17)10-4-3-5-11(15)13(10)14/h3-5,12,16H,6-9H2,1-2H3. The maximum Gasteiger partial charge on any atom is 0.127 e. The molecule has 1 saturated heterocycles. The van der Waals surface area contributed by atoms with Crippen molar-refractivity contribution in [2.45, 2.75) is 25.3 Å². The summed E-state index contributed by atoms with van der Waals surface area (Å²) in [6.45, 7) is 8.28. The fraction of sp³-hybridized carbons (Fsp3) is 0.571. The van der Waals surface area contributed by atoms with Gasteiger partial charge in [0, 0.05) is 37.6 Å². The summed E-state index contributed by atoms with van der Waals surface area (Å²) >= 11 is 0. The molecule has 17 heavy (non-hydrogen) atoms. The van der Waals surface area contributed by atoms with Crippen LogP contribution in [0.25, 0.3) is 0 Å². The van der Waals surface area contributed by atoms with E-state index in [1.54, 1.807) is 6.07 Å². The molecule has 1 N–H and O–H groups in total. The Morgan fingerprint density at radius 2 is 2.24 bits per heavy atom. The fourth-order valence-corrected chi connectivity index (χ4v) is 3.36. The van der Waals surface area contributed by atoms with E-state index in [4.69, 9.17) is 0 Å². The molecule has 0 bridgehead atoms. The molecular weight excluding hydrogens is 215 g/mol. The smallest absolute Gasteiger partial charge is 0.127 e. The van der Waals surface area contributed by atoms with E-state index >= 15 is 0 Å². The van der Waals surface area contributed by atoms with E-state index in [0.717, 1.165) is 31.7 Å². The lowest BCUT2D eigenvalue weighted by Crippen LogP contribution is -2.53. The lowest BCUT2D eigenvalue weighted by Gasteiger charge is -2.47. The van der Waals surface area contributed by atoms with Gasteiger partial charge < -0.3 is 5.32 Å². The Hall–Kier alpha value is -0.930. The molecule has 2 aliphatic heterocycles. The highest BCUT2D eigenvalue weighted by Crippen LogP contribution is 2.41. The van der Waals surface area contributed by atoms with Crippen LogP contribution in [0.15, 0.2) is 18.2 Å². The maximum atomic E-state index is 14.1. The predicted octanol–water partition coefficient (Wildman–Crippen LogP) is 2.06. The van der Waals surface area contributed by atoms with Crippen LogP contribution in [0, 0.1) is 5.82 Å². The first-order chi connectivity index (χ1) is 8.09. The second kappa shape index (κ2) is 3.79. The molecule has 92 valence electrons. The first-order valence-electron chi connectivity index (χ1n) is 6.33. The quantitative estimate of drug-likeness (QED) is 0.739. The molecule has 0 aromatic heterocycles. The van der Waals surface area contributed by atoms with E-state index in [9.17, 15) is 4.39 Å². The number of nitrogens with zero attached hydrogens (tertiary/aromatic N) is 1. The predicted molar refractivity (Wildman–Crippen MR) is 66.6 cm³/mol. The third-order valence-corrected chi connectivity index (χ3v) is 4.03. The van der Waals surface area contributed by atoms with Gasteiger partial charge in [-0.15, -0.1) is 0 Å². The molecule has 0 aliphatic carbocycles. The Bertz CT molecular complexity index is 442. The van der Waals surface area contributed by atoms with E-state index in [-0.39, 0.29) is 11.2 Å². The summed E-state index contributed by atoms with van der Waals surface area (Å²) in [5.41, 5.74) is 2.01. The Morgan fingerprint density at radius 1 is 1.41 bits per heavy atom. The molecule has 1 aromatic rings. The summed E-state index contributed by atoms with van der Waals surface area (Å²) in [7, 11) is 0. The Labute approximate surface area is 102 Å². The summed E-state index contributed by atoms with van der Waals surface area (Å²) < 4.78 is 14.1. The average Bonchev–Trinajstić information content (AvgIpc) is 2.28. The Kier molecular flexibility index (Phi) is 2.49. The molecule has 1 atom stereocenters. The lowest BCUT2D eigenvalue weighted by molar-refractivity contribution is 0.111. The molecule has 0 spiro atoms. The first kappa shape index (κ1) is 11.2. The molecule has 0 saturated carbocycles. The number of halogens is 1. The van der Waals surface area contributed by atoms with Gasteiger partial charge in [-0.2, -0.15) is 0 Å². The van der Waals surface area contributed by atoms with Crippen LogP contribution in [0.1, 0.15) is 31.0 Å². The van der Waals surface area contributed by atoms with Gasteiger partial charge in [0.1, 0.15) is 5.82 Å². The molecule has 3 heteroatoms. The topological polar surface area (TPSA) is 15.3 Å². The molecule has 1 unspecified atom stereocenters. The highest BCUT2D eigenvalue weighted by molar-refractivity contribution is 5.40. The van der Waals surface area contributed by atoms with Crippen molar-refractivity contribution in [2.75, 3.05) is 26.2 Å². The van der Waals surface area contributed by atoms with Crippen molar-refractivity contribution < 1.29 is 4.39 Å². The number of hydrogen-bond donors (Lipinski definition) is 1. The molecule has 1 aromatic carbocycles. The van der Waals surface area contributed by atoms with Gasteiger partial charge in [0.25, 0.3) is 0 Å². The lowest BCUT2D eigenvalue weighted by atomic mass is 9.75. The van der Waals surface area contributed by atoms with Crippen LogP contribution < -0.4 is 5.32 Å². The molecule has 2 nitrogen and oxygen atoms in total. The highest BCUT2D eigenvalue weighted by atomic mass is 19.1. The van der Waals surface area contributed by atoms with Crippen LogP contribution in [0.3, 0.4) is 0 Å². The van der Waals surface area contributed by atoms with Crippen molar-refractivity contribution in [1.29, 1.82) is 0 Å². The zero-order chi connectivity index (χ0) is 12.0. The van der Waals surface area contributed by atoms with Crippen LogP contribution in [0.2, 0.25) is 0 Å². The molecule has 2 aliphatic rings. The van der Waals surface area contributed by atoms with Gasteiger partial charge in [-0.25, -0.2) is 4.39 Å². The van der Waals surface area contributed by atoms with Gasteiger partial charge in [-0.1, -0.05) is 26.0 Å². The zero-order valence-electron chi connectivity index (χ0n) is 10.5. The first-order valence-corrected chi connectivity index (χ1v) is 6.33. The van der Waals surface area contributed by atoms with E-state index < -0.39 is 0 Å². The molecule has 2 heterocycles. The van der Waals surface area contributed by atoms with Crippen molar-refractivity contribution in [1.82, 2.24) is 10.2 Å². The van der Waals surface area contributed by atoms with E-state index in [2.05, 4.69) is 30.1 Å². The van der Waals surface area contributed by atoms with Gasteiger partial charge in [-0.05, 0) is 17.2 Å². The second-order valence-electron chi connectivity index (χ2n) is 5.78. The van der Waals surface area contributed by atoms with Crippen molar-refractivity contribution in [3.63, 3.8) is 0 Å². The van der Waals surface area contributed by atoms with Crippen LogP contribution in [0.5, 0.6) is 0 Å². The second-order valence-corrected chi connectivity index (χ2v) is 5.78. The van der Waals surface area contributed by atoms with Gasteiger partial charge >= 0.3 is 0 Å². The number of rotatable bonds is 0. The number of hydrogen-bond acceptors (Lipinski definition) is 2. The third-order valence-electron chi connectivity index (χ3n) is 4.03. The van der Waals surface area contributed by atoms with Crippen molar-refractivity contribution >= 4 is 0 Å². The number of benzene rings is 1. The summed E-state index contributed by atoms with van der Waals surface area (Å²) in [5, 5.41) is 3.41. The fourth-order valence-electron chi connectivity index (χ4n) is 3.36. The van der Waals surface area contributed by atoms with Crippen LogP contribution in [-0.4, -0.2) is 31.1 Å². The molecular formula is C14H19FN2. The van der Waals surface area contributed by atoms with Gasteiger partial charge in [0.15, 0.2) is 0 Å². The third kappa shape index (κ3) is 1.69. The highest BCUT2D eigenvalue weighted by Gasteiger charge is 2.40. The monoisotopic (exact) mass is 234 g/mol. The Balaban J connectivity index is 2.14. The largest absolute Gasteiger partial charge is 0.314 e. The Morgan fingerprint density at radius 3 is 3.06 bits per heavy atom. The normalized spacial score (nSPS) is 27.4. The van der Waals surface area contributed by atoms with Gasteiger partial charge in [0.05, 0.1) is 0 Å². The number of fused-ring (bicyclic) bond motifs is 3. The number of piperazine rings is 1. The number of nitrogens with one attached hydrogen (secondary N) is 1. The zero-order valence-corrected chi connectivity index (χ0v) is 10.5. The van der Waals surface area contributed by atoms with Crippen molar-refractivity contribution in [2.24, 2.45) is 0 Å². The molecule has 0 radical (unpaired) electrons. The minimum atomic E-state index is -0.0888. The van der Waals surface area contributed by atoms with E-state index in [1.807, 2.05) is 6.07 Å². The average molecular weight is 234 g/mol.